The van der Waals surface area contributed by atoms with E-state index >= 15 is 0 Å². The Morgan fingerprint density at radius 3 is 2.41 bits per heavy atom. The molecule has 27 heavy (non-hydrogen) atoms. The lowest BCUT2D eigenvalue weighted by atomic mass is 10.0. The number of anilines is 1. The van der Waals surface area contributed by atoms with E-state index in [2.05, 4.69) is 10.6 Å². The van der Waals surface area contributed by atoms with Crippen LogP contribution in [0.5, 0.6) is 0 Å². The van der Waals surface area contributed by atoms with Crippen molar-refractivity contribution in [2.24, 2.45) is 0 Å². The van der Waals surface area contributed by atoms with Crippen LogP contribution in [0.25, 0.3) is 0 Å². The first-order valence-electron chi connectivity index (χ1n) is 8.25. The first kappa shape index (κ1) is 20.3. The van der Waals surface area contributed by atoms with E-state index in [0.717, 1.165) is 12.1 Å². The molecule has 0 aliphatic carbocycles. The first-order chi connectivity index (χ1) is 12.8. The quantitative estimate of drug-likeness (QED) is 0.774. The maximum Gasteiger partial charge on any atom is 0.416 e. The van der Waals surface area contributed by atoms with E-state index in [1.54, 1.807) is 37.3 Å². The molecule has 0 saturated carbocycles. The van der Waals surface area contributed by atoms with E-state index in [1.165, 1.54) is 12.1 Å². The summed E-state index contributed by atoms with van der Waals surface area (Å²) >= 11 is 0. The van der Waals surface area contributed by atoms with Crippen molar-refractivity contribution in [1.29, 1.82) is 0 Å². The Hall–Kier alpha value is -3.03. The molecule has 0 aliphatic rings. The number of carbonyl (C=O) groups excluding carboxylic acids is 2. The van der Waals surface area contributed by atoms with Gasteiger partial charge in [-0.15, -0.1) is 0 Å². The fraction of sp³-hybridized carbons (Fsp3) is 0.263. The summed E-state index contributed by atoms with van der Waals surface area (Å²) in [5.74, 6) is -0.542. The molecule has 0 spiro atoms. The molecule has 8 heteroatoms. The van der Waals surface area contributed by atoms with E-state index in [0.29, 0.717) is 5.56 Å². The second-order valence-electron chi connectivity index (χ2n) is 5.66. The van der Waals surface area contributed by atoms with Crippen molar-refractivity contribution in [2.45, 2.75) is 25.6 Å². The number of hydrogen-bond donors (Lipinski definition) is 2. The highest BCUT2D eigenvalue weighted by atomic mass is 19.4. The number of amides is 2. The number of nitrogens with one attached hydrogen (secondary N) is 2. The van der Waals surface area contributed by atoms with Crippen molar-refractivity contribution in [1.82, 2.24) is 5.32 Å². The molecule has 0 bridgehead atoms. The predicted octanol–water partition coefficient (Wildman–Crippen LogP) is 4.52. The summed E-state index contributed by atoms with van der Waals surface area (Å²) in [4.78, 5) is 24.0. The molecule has 2 aromatic rings. The zero-order valence-corrected chi connectivity index (χ0v) is 14.5. The van der Waals surface area contributed by atoms with Crippen molar-refractivity contribution in [3.05, 3.63) is 65.7 Å². The second kappa shape index (κ2) is 9.07. The van der Waals surface area contributed by atoms with Crippen LogP contribution in [0.4, 0.5) is 23.7 Å². The van der Waals surface area contributed by atoms with Gasteiger partial charge in [0.1, 0.15) is 0 Å². The van der Waals surface area contributed by atoms with Crippen LogP contribution in [0.2, 0.25) is 0 Å². The molecule has 0 fully saturated rings. The molecule has 5 nitrogen and oxygen atoms in total. The van der Waals surface area contributed by atoms with E-state index in [1.807, 2.05) is 0 Å². The third-order valence-corrected chi connectivity index (χ3v) is 3.63. The SMILES string of the molecule is CCOC(=O)NC(CC(=O)Nc1cccc(C(F)(F)F)c1)c1ccccc1. The van der Waals surface area contributed by atoms with Crippen LogP contribution in [0.3, 0.4) is 0 Å². The molecule has 1 unspecified atom stereocenters. The zero-order chi connectivity index (χ0) is 19.9. The van der Waals surface area contributed by atoms with Gasteiger partial charge in [0.05, 0.1) is 24.6 Å². The van der Waals surface area contributed by atoms with E-state index in [9.17, 15) is 22.8 Å². The minimum atomic E-state index is -4.50. The molecular formula is C19H19F3N2O3. The van der Waals surface area contributed by atoms with E-state index in [4.69, 9.17) is 4.74 Å². The Labute approximate surface area is 154 Å². The molecule has 1 atom stereocenters. The smallest absolute Gasteiger partial charge is 0.416 e. The number of hydrogen-bond acceptors (Lipinski definition) is 3. The van der Waals surface area contributed by atoms with Crippen LogP contribution < -0.4 is 10.6 Å². The summed E-state index contributed by atoms with van der Waals surface area (Å²) in [6.45, 7) is 1.82. The van der Waals surface area contributed by atoms with Crippen molar-refractivity contribution in [3.8, 4) is 0 Å². The highest BCUT2D eigenvalue weighted by Gasteiger charge is 2.30. The van der Waals surface area contributed by atoms with Gasteiger partial charge in [-0.1, -0.05) is 36.4 Å². The van der Waals surface area contributed by atoms with Crippen LogP contribution in [-0.4, -0.2) is 18.6 Å². The highest BCUT2D eigenvalue weighted by Crippen LogP contribution is 2.30. The average molecular weight is 380 g/mol. The molecule has 2 N–H and O–H groups in total. The summed E-state index contributed by atoms with van der Waals surface area (Å²) in [5.41, 5.74) is -0.160. The van der Waals surface area contributed by atoms with Gasteiger partial charge in [0.2, 0.25) is 5.91 Å². The summed E-state index contributed by atoms with van der Waals surface area (Å²) in [6, 6.07) is 12.4. The normalized spacial score (nSPS) is 12.1. The molecule has 0 saturated heterocycles. The number of alkyl carbamates (subject to hydrolysis) is 1. The lowest BCUT2D eigenvalue weighted by molar-refractivity contribution is -0.137. The molecular weight excluding hydrogens is 361 g/mol. The van der Waals surface area contributed by atoms with Crippen molar-refractivity contribution >= 4 is 17.7 Å². The Morgan fingerprint density at radius 2 is 1.78 bits per heavy atom. The molecule has 2 aromatic carbocycles. The molecule has 0 heterocycles. The second-order valence-corrected chi connectivity index (χ2v) is 5.66. The summed E-state index contributed by atoms with van der Waals surface area (Å²) in [7, 11) is 0. The lowest BCUT2D eigenvalue weighted by Gasteiger charge is -2.19. The summed E-state index contributed by atoms with van der Waals surface area (Å²) < 4.78 is 43.2. The first-order valence-corrected chi connectivity index (χ1v) is 8.25. The van der Waals surface area contributed by atoms with E-state index in [-0.39, 0.29) is 18.7 Å². The Morgan fingerprint density at radius 1 is 1.07 bits per heavy atom. The predicted molar refractivity (Wildman–Crippen MR) is 94.0 cm³/mol. The van der Waals surface area contributed by atoms with Crippen LogP contribution in [0, 0.1) is 0 Å². The number of halogens is 3. The zero-order valence-electron chi connectivity index (χ0n) is 14.5. The number of rotatable bonds is 6. The molecule has 2 rings (SSSR count). The van der Waals surface area contributed by atoms with Crippen LogP contribution >= 0.6 is 0 Å². The van der Waals surface area contributed by atoms with Gasteiger partial charge in [0.25, 0.3) is 0 Å². The summed E-state index contributed by atoms with van der Waals surface area (Å²) in [5, 5.41) is 5.01. The van der Waals surface area contributed by atoms with Gasteiger partial charge >= 0.3 is 12.3 Å². The van der Waals surface area contributed by atoms with Gasteiger partial charge in [-0.3, -0.25) is 4.79 Å². The monoisotopic (exact) mass is 380 g/mol. The molecule has 2 amide bonds. The van der Waals surface area contributed by atoms with E-state index < -0.39 is 29.8 Å². The standard InChI is InChI=1S/C19H19F3N2O3/c1-2-27-18(26)24-16(13-7-4-3-5-8-13)12-17(25)23-15-10-6-9-14(11-15)19(20,21)22/h3-11,16H,2,12H2,1H3,(H,23,25)(H,24,26). The maximum atomic E-state index is 12.8. The van der Waals surface area contributed by atoms with Crippen LogP contribution in [0.1, 0.15) is 30.5 Å². The van der Waals surface area contributed by atoms with Gasteiger partial charge in [0.15, 0.2) is 0 Å². The molecule has 0 radical (unpaired) electrons. The molecule has 144 valence electrons. The van der Waals surface area contributed by atoms with Crippen molar-refractivity contribution < 1.29 is 27.5 Å². The van der Waals surface area contributed by atoms with Gasteiger partial charge in [0, 0.05) is 5.69 Å². The van der Waals surface area contributed by atoms with Gasteiger partial charge < -0.3 is 15.4 Å². The average Bonchev–Trinajstić information content (AvgIpc) is 2.61. The Balaban J connectivity index is 2.10. The topological polar surface area (TPSA) is 67.4 Å². The largest absolute Gasteiger partial charge is 0.450 e. The number of carbonyl (C=O) groups is 2. The van der Waals surface area contributed by atoms with Crippen molar-refractivity contribution in [2.75, 3.05) is 11.9 Å². The van der Waals surface area contributed by atoms with Gasteiger partial charge in [-0.25, -0.2) is 4.79 Å². The minimum Gasteiger partial charge on any atom is -0.450 e. The number of benzene rings is 2. The third kappa shape index (κ3) is 6.32. The maximum absolute atomic E-state index is 12.8. The van der Waals surface area contributed by atoms with Crippen molar-refractivity contribution in [3.63, 3.8) is 0 Å². The number of ether oxygens (including phenoxy) is 1. The Bertz CT molecular complexity index is 779. The van der Waals surface area contributed by atoms with Gasteiger partial charge in [-0.05, 0) is 30.7 Å². The molecule has 0 aromatic heterocycles. The fourth-order valence-corrected chi connectivity index (χ4v) is 2.42. The molecule has 0 aliphatic heterocycles. The minimum absolute atomic E-state index is 0.0257. The van der Waals surface area contributed by atoms with Crippen LogP contribution in [0.15, 0.2) is 54.6 Å². The number of alkyl halides is 3. The highest BCUT2D eigenvalue weighted by molar-refractivity contribution is 5.91. The van der Waals surface area contributed by atoms with Crippen LogP contribution in [-0.2, 0) is 15.7 Å². The summed E-state index contributed by atoms with van der Waals surface area (Å²) in [6.07, 6.45) is -5.35. The Kier molecular flexibility index (Phi) is 6.81. The fourth-order valence-electron chi connectivity index (χ4n) is 2.42. The third-order valence-electron chi connectivity index (χ3n) is 3.63. The lowest BCUT2D eigenvalue weighted by Crippen LogP contribution is -2.32. The van der Waals surface area contributed by atoms with Gasteiger partial charge in [-0.2, -0.15) is 13.2 Å².